The second kappa shape index (κ2) is 7.78. The molecule has 0 saturated carbocycles. The maximum atomic E-state index is 10.2. The fraction of sp³-hybridized carbons (Fsp3) is 0.524. The van der Waals surface area contributed by atoms with Crippen LogP contribution >= 0.6 is 0 Å². The Kier molecular flexibility index (Phi) is 4.99. The molecule has 2 bridgehead atoms. The van der Waals surface area contributed by atoms with Crippen LogP contribution in [-0.4, -0.2) is 77.7 Å². The van der Waals surface area contributed by atoms with E-state index in [-0.39, 0.29) is 11.9 Å². The third kappa shape index (κ3) is 3.63. The summed E-state index contributed by atoms with van der Waals surface area (Å²) in [4.78, 5) is 4.97. The van der Waals surface area contributed by atoms with Gasteiger partial charge in [-0.2, -0.15) is 0 Å². The van der Waals surface area contributed by atoms with Crippen LogP contribution in [0, 0.1) is 0 Å². The monoisotopic (exact) mass is 396 g/mol. The van der Waals surface area contributed by atoms with E-state index in [4.69, 9.17) is 10.5 Å². The molecule has 154 valence electrons. The van der Waals surface area contributed by atoms with Gasteiger partial charge in [0.1, 0.15) is 5.75 Å². The van der Waals surface area contributed by atoms with E-state index in [1.807, 2.05) is 18.2 Å². The minimum Gasteiger partial charge on any atom is -0.507 e. The number of ether oxygens (including phenoxy) is 1. The van der Waals surface area contributed by atoms with Crippen LogP contribution in [-0.2, 0) is 4.74 Å². The number of aromatic nitrogens is 2. The predicted molar refractivity (Wildman–Crippen MR) is 112 cm³/mol. The van der Waals surface area contributed by atoms with Gasteiger partial charge >= 0.3 is 0 Å². The van der Waals surface area contributed by atoms with Crippen molar-refractivity contribution in [2.45, 2.75) is 31.0 Å². The van der Waals surface area contributed by atoms with Crippen LogP contribution in [0.15, 0.2) is 30.3 Å². The van der Waals surface area contributed by atoms with Crippen molar-refractivity contribution in [1.82, 2.24) is 20.4 Å². The lowest BCUT2D eigenvalue weighted by atomic mass is 10.1. The standard InChI is InChI=1S/C21H28N6O2/c22-21-19(9-18(24-25-21)17-3-1-2-4-20(17)28)26-11-14-5-6-15(12-26)27(14)13-16-10-23-7-8-29-16/h1-4,9,14-16,23,28H,5-8,10-13H2,(H2,22,25)/t14?,15?,16-/m1/s1. The van der Waals surface area contributed by atoms with Crippen LogP contribution < -0.4 is 16.0 Å². The Bertz CT molecular complexity index is 858. The van der Waals surface area contributed by atoms with Gasteiger partial charge in [0, 0.05) is 50.4 Å². The van der Waals surface area contributed by atoms with Crippen molar-refractivity contribution < 1.29 is 9.84 Å². The number of piperazine rings is 1. The Hall–Kier alpha value is -2.42. The first-order valence-corrected chi connectivity index (χ1v) is 10.4. The van der Waals surface area contributed by atoms with E-state index in [0.717, 1.165) is 45.0 Å². The van der Waals surface area contributed by atoms with E-state index in [2.05, 4.69) is 25.3 Å². The molecule has 4 N–H and O–H groups in total. The van der Waals surface area contributed by atoms with Gasteiger partial charge in [-0.1, -0.05) is 12.1 Å². The van der Waals surface area contributed by atoms with Crippen molar-refractivity contribution in [2.75, 3.05) is 50.0 Å². The molecule has 3 saturated heterocycles. The number of nitrogens with zero attached hydrogens (tertiary/aromatic N) is 4. The molecule has 2 unspecified atom stereocenters. The zero-order valence-corrected chi connectivity index (χ0v) is 16.5. The number of rotatable bonds is 4. The number of aromatic hydroxyl groups is 1. The number of nitrogen functional groups attached to an aromatic ring is 1. The molecule has 1 aromatic carbocycles. The largest absolute Gasteiger partial charge is 0.507 e. The van der Waals surface area contributed by atoms with Crippen LogP contribution in [0.3, 0.4) is 0 Å². The summed E-state index contributed by atoms with van der Waals surface area (Å²) in [6.45, 7) is 5.52. The second-order valence-corrected chi connectivity index (χ2v) is 8.20. The van der Waals surface area contributed by atoms with Gasteiger partial charge < -0.3 is 25.8 Å². The summed E-state index contributed by atoms with van der Waals surface area (Å²) in [5.41, 5.74) is 8.43. The van der Waals surface area contributed by atoms with Gasteiger partial charge in [-0.05, 0) is 31.0 Å². The van der Waals surface area contributed by atoms with Crippen LogP contribution in [0.1, 0.15) is 12.8 Å². The summed E-state index contributed by atoms with van der Waals surface area (Å²) in [6, 6.07) is 10.1. The molecule has 3 atom stereocenters. The number of phenols is 1. The molecule has 3 aliphatic heterocycles. The molecular formula is C21H28N6O2. The number of hydrogen-bond acceptors (Lipinski definition) is 8. The molecule has 0 aliphatic carbocycles. The van der Waals surface area contributed by atoms with Crippen LogP contribution in [0.4, 0.5) is 11.5 Å². The van der Waals surface area contributed by atoms with Crippen molar-refractivity contribution in [3.63, 3.8) is 0 Å². The molecule has 3 aliphatic rings. The Balaban J connectivity index is 1.35. The van der Waals surface area contributed by atoms with Gasteiger partial charge in [0.05, 0.1) is 24.1 Å². The molecule has 0 radical (unpaired) electrons. The third-order valence-corrected chi connectivity index (χ3v) is 6.37. The molecule has 2 aromatic rings. The molecule has 0 amide bonds. The minimum atomic E-state index is 0.198. The smallest absolute Gasteiger partial charge is 0.169 e. The number of hydrogen-bond donors (Lipinski definition) is 3. The molecule has 29 heavy (non-hydrogen) atoms. The van der Waals surface area contributed by atoms with Gasteiger partial charge in [0.15, 0.2) is 5.82 Å². The van der Waals surface area contributed by atoms with E-state index in [0.29, 0.717) is 29.2 Å². The van der Waals surface area contributed by atoms with Crippen molar-refractivity contribution in [3.05, 3.63) is 30.3 Å². The van der Waals surface area contributed by atoms with Crippen molar-refractivity contribution >= 4 is 11.5 Å². The van der Waals surface area contributed by atoms with Gasteiger partial charge in [-0.3, -0.25) is 4.90 Å². The summed E-state index contributed by atoms with van der Waals surface area (Å²) in [5.74, 6) is 0.639. The van der Waals surface area contributed by atoms with E-state index in [9.17, 15) is 5.11 Å². The lowest BCUT2D eigenvalue weighted by Gasteiger charge is -2.43. The maximum Gasteiger partial charge on any atom is 0.169 e. The zero-order valence-electron chi connectivity index (χ0n) is 16.5. The number of para-hydroxylation sites is 1. The molecular weight excluding hydrogens is 368 g/mol. The lowest BCUT2D eigenvalue weighted by molar-refractivity contribution is -0.00716. The van der Waals surface area contributed by atoms with Crippen molar-refractivity contribution in [1.29, 1.82) is 0 Å². The number of anilines is 2. The summed E-state index contributed by atoms with van der Waals surface area (Å²) in [7, 11) is 0. The van der Waals surface area contributed by atoms with E-state index >= 15 is 0 Å². The highest BCUT2D eigenvalue weighted by Gasteiger charge is 2.41. The summed E-state index contributed by atoms with van der Waals surface area (Å²) in [5, 5.41) is 22.0. The van der Waals surface area contributed by atoms with Crippen LogP contribution in [0.5, 0.6) is 5.75 Å². The van der Waals surface area contributed by atoms with Crippen LogP contribution in [0.2, 0.25) is 0 Å². The Morgan fingerprint density at radius 3 is 2.69 bits per heavy atom. The third-order valence-electron chi connectivity index (χ3n) is 6.37. The highest BCUT2D eigenvalue weighted by Crippen LogP contribution is 2.36. The average Bonchev–Trinajstić information content (AvgIpc) is 2.97. The molecule has 8 nitrogen and oxygen atoms in total. The Morgan fingerprint density at radius 2 is 1.97 bits per heavy atom. The molecule has 5 rings (SSSR count). The first kappa shape index (κ1) is 18.6. The normalized spacial score (nSPS) is 27.3. The molecule has 1 aromatic heterocycles. The molecule has 8 heteroatoms. The maximum absolute atomic E-state index is 10.2. The number of phenolic OH excluding ortho intramolecular Hbond substituents is 1. The second-order valence-electron chi connectivity index (χ2n) is 8.20. The SMILES string of the molecule is Nc1nnc(-c2ccccc2O)cc1N1CC2CCC(C1)N2C[C@H]1CNCCO1. The number of morpholine rings is 1. The first-order valence-electron chi connectivity index (χ1n) is 10.4. The number of nitrogens with two attached hydrogens (primary N) is 1. The fourth-order valence-electron chi connectivity index (χ4n) is 4.92. The average molecular weight is 396 g/mol. The number of nitrogens with one attached hydrogen (secondary N) is 1. The number of benzene rings is 1. The van der Waals surface area contributed by atoms with Gasteiger partial charge in [0.2, 0.25) is 0 Å². The highest BCUT2D eigenvalue weighted by molar-refractivity contribution is 5.74. The first-order chi connectivity index (χ1) is 14.2. The molecule has 3 fully saturated rings. The summed E-state index contributed by atoms with van der Waals surface area (Å²) in [6.07, 6.45) is 2.68. The summed E-state index contributed by atoms with van der Waals surface area (Å²) < 4.78 is 5.93. The highest BCUT2D eigenvalue weighted by atomic mass is 16.5. The zero-order chi connectivity index (χ0) is 19.8. The Labute approximate surface area is 170 Å². The molecule has 4 heterocycles. The van der Waals surface area contributed by atoms with Crippen LogP contribution in [0.25, 0.3) is 11.3 Å². The Morgan fingerprint density at radius 1 is 1.17 bits per heavy atom. The predicted octanol–water partition coefficient (Wildman–Crippen LogP) is 1.07. The fourth-order valence-corrected chi connectivity index (χ4v) is 4.92. The minimum absolute atomic E-state index is 0.198. The van der Waals surface area contributed by atoms with E-state index in [1.165, 1.54) is 12.8 Å². The van der Waals surface area contributed by atoms with Gasteiger partial charge in [0.25, 0.3) is 0 Å². The van der Waals surface area contributed by atoms with Crippen molar-refractivity contribution in [2.24, 2.45) is 0 Å². The van der Waals surface area contributed by atoms with E-state index in [1.54, 1.807) is 12.1 Å². The molecule has 0 spiro atoms. The van der Waals surface area contributed by atoms with Crippen molar-refractivity contribution in [3.8, 4) is 17.0 Å². The number of fused-ring (bicyclic) bond motifs is 2. The van der Waals surface area contributed by atoms with E-state index < -0.39 is 0 Å². The van der Waals surface area contributed by atoms with Gasteiger partial charge in [-0.25, -0.2) is 0 Å². The van der Waals surface area contributed by atoms with Gasteiger partial charge in [-0.15, -0.1) is 10.2 Å². The summed E-state index contributed by atoms with van der Waals surface area (Å²) >= 11 is 0. The topological polar surface area (TPSA) is 99.8 Å². The quantitative estimate of drug-likeness (QED) is 0.706. The lowest BCUT2D eigenvalue weighted by Crippen LogP contribution is -2.57.